The molecule has 19 heavy (non-hydrogen) atoms. The molecule has 0 bridgehead atoms. The summed E-state index contributed by atoms with van der Waals surface area (Å²) in [6, 6.07) is 0.977. The Morgan fingerprint density at radius 2 is 1.89 bits per heavy atom. The van der Waals surface area contributed by atoms with Gasteiger partial charge in [0, 0.05) is 12.1 Å². The quantitative estimate of drug-likeness (QED) is 0.751. The maximum Gasteiger partial charge on any atom is 0.151 e. The van der Waals surface area contributed by atoms with Gasteiger partial charge in [0.25, 0.3) is 0 Å². The lowest BCUT2D eigenvalue weighted by atomic mass is 9.95. The largest absolute Gasteiger partial charge is 0.314 e. The van der Waals surface area contributed by atoms with E-state index in [1.54, 1.807) is 0 Å². The lowest BCUT2D eigenvalue weighted by molar-refractivity contribution is 0.254. The van der Waals surface area contributed by atoms with E-state index in [2.05, 4.69) is 17.3 Å². The average Bonchev–Trinajstić information content (AvgIpc) is 2.76. The highest BCUT2D eigenvalue weighted by atomic mass is 32.2. The molecule has 0 aromatic carbocycles. The molecule has 1 unspecified atom stereocenters. The number of nitrogens with zero attached hydrogens (tertiary/aromatic N) is 1. The van der Waals surface area contributed by atoms with E-state index in [0.717, 1.165) is 32.0 Å². The predicted octanol–water partition coefficient (Wildman–Crippen LogP) is 1.42. The first-order valence-electron chi connectivity index (χ1n) is 7.71. The minimum absolute atomic E-state index is 0.250. The Kier molecular flexibility index (Phi) is 5.66. The molecule has 1 aliphatic heterocycles. The van der Waals surface area contributed by atoms with Crippen LogP contribution >= 0.6 is 0 Å². The Balaban J connectivity index is 1.57. The summed E-state index contributed by atoms with van der Waals surface area (Å²) in [4.78, 5) is 2.23. The fraction of sp³-hybridized carbons (Fsp3) is 1.00. The van der Waals surface area contributed by atoms with E-state index < -0.39 is 9.84 Å². The van der Waals surface area contributed by atoms with Crippen molar-refractivity contribution in [1.29, 1.82) is 0 Å². The molecule has 0 aromatic rings. The van der Waals surface area contributed by atoms with Gasteiger partial charge in [-0.3, -0.25) is 0 Å². The molecule has 2 aliphatic rings. The highest BCUT2D eigenvalue weighted by molar-refractivity contribution is 7.91. The summed E-state index contributed by atoms with van der Waals surface area (Å²) < 4.78 is 22.9. The van der Waals surface area contributed by atoms with Gasteiger partial charge >= 0.3 is 0 Å². The van der Waals surface area contributed by atoms with E-state index in [4.69, 9.17) is 0 Å². The van der Waals surface area contributed by atoms with Crippen LogP contribution in [-0.2, 0) is 9.84 Å². The van der Waals surface area contributed by atoms with Gasteiger partial charge in [0.15, 0.2) is 9.84 Å². The minimum Gasteiger partial charge on any atom is -0.314 e. The fourth-order valence-electron chi connectivity index (χ4n) is 3.25. The highest BCUT2D eigenvalue weighted by Crippen LogP contribution is 2.18. The van der Waals surface area contributed by atoms with Crippen molar-refractivity contribution >= 4 is 9.84 Å². The van der Waals surface area contributed by atoms with Crippen LogP contribution in [0, 0.1) is 0 Å². The van der Waals surface area contributed by atoms with E-state index in [-0.39, 0.29) is 6.04 Å². The van der Waals surface area contributed by atoms with Crippen LogP contribution in [0.4, 0.5) is 0 Å². The van der Waals surface area contributed by atoms with E-state index in [1.165, 1.54) is 32.1 Å². The first-order chi connectivity index (χ1) is 9.07. The summed E-state index contributed by atoms with van der Waals surface area (Å²) in [6.07, 6.45) is 8.73. The normalized spacial score (nSPS) is 28.0. The fourth-order valence-corrected chi connectivity index (χ4v) is 5.05. The van der Waals surface area contributed by atoms with Crippen molar-refractivity contribution in [2.45, 2.75) is 57.0 Å². The molecular weight excluding hydrogens is 260 g/mol. The number of sulfone groups is 1. The first kappa shape index (κ1) is 15.3. The van der Waals surface area contributed by atoms with Crippen molar-refractivity contribution in [2.75, 3.05) is 31.6 Å². The van der Waals surface area contributed by atoms with E-state index in [1.807, 2.05) is 0 Å². The van der Waals surface area contributed by atoms with Crippen molar-refractivity contribution in [3.05, 3.63) is 0 Å². The van der Waals surface area contributed by atoms with Gasteiger partial charge in [0.1, 0.15) is 0 Å². The molecule has 1 saturated heterocycles. The van der Waals surface area contributed by atoms with E-state index in [9.17, 15) is 8.42 Å². The van der Waals surface area contributed by atoms with Crippen molar-refractivity contribution in [3.63, 3.8) is 0 Å². The Bertz CT molecular complexity index is 364. The maximum absolute atomic E-state index is 11.4. The van der Waals surface area contributed by atoms with Crippen LogP contribution in [0.15, 0.2) is 0 Å². The van der Waals surface area contributed by atoms with Gasteiger partial charge in [-0.1, -0.05) is 19.3 Å². The Morgan fingerprint density at radius 3 is 2.53 bits per heavy atom. The third-order valence-electron chi connectivity index (χ3n) is 4.56. The van der Waals surface area contributed by atoms with Gasteiger partial charge in [-0.25, -0.2) is 8.42 Å². The Hall–Kier alpha value is -0.130. The topological polar surface area (TPSA) is 49.4 Å². The molecule has 4 nitrogen and oxygen atoms in total. The monoisotopic (exact) mass is 288 g/mol. The molecule has 5 heteroatoms. The summed E-state index contributed by atoms with van der Waals surface area (Å²) in [5.41, 5.74) is 0. The van der Waals surface area contributed by atoms with Crippen LogP contribution in [-0.4, -0.2) is 57.0 Å². The second kappa shape index (κ2) is 7.04. The molecule has 1 N–H and O–H groups in total. The molecule has 1 aliphatic carbocycles. The van der Waals surface area contributed by atoms with Crippen LogP contribution in [0.25, 0.3) is 0 Å². The van der Waals surface area contributed by atoms with Gasteiger partial charge in [-0.2, -0.15) is 0 Å². The molecule has 2 fully saturated rings. The molecule has 112 valence electrons. The van der Waals surface area contributed by atoms with Crippen LogP contribution in [0.2, 0.25) is 0 Å². The second-order valence-electron chi connectivity index (χ2n) is 6.18. The number of nitrogens with one attached hydrogen (secondary N) is 1. The summed E-state index contributed by atoms with van der Waals surface area (Å²) in [6.45, 7) is 2.06. The summed E-state index contributed by atoms with van der Waals surface area (Å²) in [7, 11) is -0.684. The number of hydrogen-bond acceptors (Lipinski definition) is 4. The third-order valence-corrected chi connectivity index (χ3v) is 6.31. The van der Waals surface area contributed by atoms with E-state index >= 15 is 0 Å². The van der Waals surface area contributed by atoms with E-state index in [0.29, 0.717) is 11.5 Å². The predicted molar refractivity (Wildman–Crippen MR) is 79.2 cm³/mol. The van der Waals surface area contributed by atoms with Crippen LogP contribution < -0.4 is 5.32 Å². The molecule has 0 aromatic heterocycles. The zero-order valence-electron chi connectivity index (χ0n) is 12.1. The number of rotatable bonds is 6. The molecule has 0 amide bonds. The molecule has 0 spiro atoms. The summed E-state index contributed by atoms with van der Waals surface area (Å²) in [5, 5.41) is 3.64. The average molecular weight is 288 g/mol. The Labute approximate surface area is 117 Å². The van der Waals surface area contributed by atoms with Crippen molar-refractivity contribution < 1.29 is 8.42 Å². The minimum atomic E-state index is -2.75. The summed E-state index contributed by atoms with van der Waals surface area (Å²) in [5.74, 6) is 0.738. The van der Waals surface area contributed by atoms with Gasteiger partial charge < -0.3 is 10.2 Å². The maximum atomic E-state index is 11.4. The van der Waals surface area contributed by atoms with Crippen LogP contribution in [0.1, 0.15) is 44.9 Å². The number of hydrogen-bond donors (Lipinski definition) is 1. The lowest BCUT2D eigenvalue weighted by Crippen LogP contribution is -2.36. The Morgan fingerprint density at radius 1 is 1.16 bits per heavy atom. The molecule has 1 heterocycles. The highest BCUT2D eigenvalue weighted by Gasteiger charge is 2.30. The molecule has 1 saturated carbocycles. The molecular formula is C14H28N2O2S. The molecule has 0 radical (unpaired) electrons. The first-order valence-corrected chi connectivity index (χ1v) is 9.53. The van der Waals surface area contributed by atoms with Crippen molar-refractivity contribution in [1.82, 2.24) is 10.2 Å². The van der Waals surface area contributed by atoms with Gasteiger partial charge in [-0.15, -0.1) is 0 Å². The van der Waals surface area contributed by atoms with Crippen molar-refractivity contribution in [2.24, 2.45) is 0 Å². The van der Waals surface area contributed by atoms with Crippen LogP contribution in [0.3, 0.4) is 0 Å². The summed E-state index contributed by atoms with van der Waals surface area (Å²) >= 11 is 0. The molecule has 1 atom stereocenters. The zero-order valence-corrected chi connectivity index (χ0v) is 12.9. The third kappa shape index (κ3) is 5.04. The van der Waals surface area contributed by atoms with Gasteiger partial charge in [0.05, 0.1) is 11.5 Å². The zero-order chi connectivity index (χ0) is 13.7. The van der Waals surface area contributed by atoms with Gasteiger partial charge in [-0.05, 0) is 45.8 Å². The lowest BCUT2D eigenvalue weighted by Gasteiger charge is -2.25. The van der Waals surface area contributed by atoms with Crippen molar-refractivity contribution in [3.8, 4) is 0 Å². The smallest absolute Gasteiger partial charge is 0.151 e. The standard InChI is InChI=1S/C14H28N2O2S/c1-16(14-8-11-19(17,18)12-14)10-5-9-15-13-6-3-2-4-7-13/h13-15H,2-12H2,1H3. The van der Waals surface area contributed by atoms with Gasteiger partial charge in [0.2, 0.25) is 0 Å². The SMILES string of the molecule is CN(CCCNC1CCCCC1)C1CCS(=O)(=O)C1. The second-order valence-corrected chi connectivity index (χ2v) is 8.41. The van der Waals surface area contributed by atoms with Crippen LogP contribution in [0.5, 0.6) is 0 Å². The molecule has 2 rings (SSSR count).